The van der Waals surface area contributed by atoms with Crippen LogP contribution in [0.25, 0.3) is 21.8 Å². The molecule has 8 nitrogen and oxygen atoms in total. The van der Waals surface area contributed by atoms with Crippen molar-refractivity contribution in [1.29, 1.82) is 0 Å². The second kappa shape index (κ2) is 14.0. The highest BCUT2D eigenvalue weighted by atomic mass is 16.7. The number of aromatic nitrogens is 2. The van der Waals surface area contributed by atoms with Crippen molar-refractivity contribution < 1.29 is 19.4 Å². The summed E-state index contributed by atoms with van der Waals surface area (Å²) in [5.74, 6) is -0.332. The number of rotatable bonds is 9. The van der Waals surface area contributed by atoms with E-state index in [4.69, 9.17) is 9.47 Å². The van der Waals surface area contributed by atoms with Gasteiger partial charge >= 0.3 is 0 Å². The fourth-order valence-corrected chi connectivity index (χ4v) is 6.22. The molecule has 1 amide bonds. The minimum atomic E-state index is -0.605. The molecule has 0 bridgehead atoms. The number of amides is 1. The summed E-state index contributed by atoms with van der Waals surface area (Å²) in [6, 6.07) is 38.1. The third kappa shape index (κ3) is 6.98. The topological polar surface area (TPSA) is 96.8 Å². The first-order chi connectivity index (χ1) is 23.4. The first-order valence-electron chi connectivity index (χ1n) is 16.3. The molecule has 0 saturated carbocycles. The van der Waals surface area contributed by atoms with E-state index in [9.17, 15) is 9.90 Å². The first kappa shape index (κ1) is 31.6. The van der Waals surface area contributed by atoms with Crippen LogP contribution in [-0.4, -0.2) is 45.6 Å². The molecule has 8 heteroatoms. The van der Waals surface area contributed by atoms with Crippen molar-refractivity contribution in [2.45, 2.75) is 44.5 Å². The lowest BCUT2D eigenvalue weighted by atomic mass is 9.98. The molecule has 1 aliphatic heterocycles. The highest BCUT2D eigenvalue weighted by molar-refractivity contribution is 6.03. The Morgan fingerprint density at radius 3 is 2.35 bits per heavy atom. The van der Waals surface area contributed by atoms with Crippen LogP contribution in [0.4, 0.5) is 5.69 Å². The van der Waals surface area contributed by atoms with Crippen molar-refractivity contribution in [3.05, 3.63) is 149 Å². The highest BCUT2D eigenvalue weighted by Crippen LogP contribution is 2.39. The summed E-state index contributed by atoms with van der Waals surface area (Å²) in [7, 11) is 2.14. The minimum absolute atomic E-state index is 0.00601. The number of carbonyl (C=O) groups excluding carboxylic acids is 1. The smallest absolute Gasteiger partial charge is 0.275 e. The van der Waals surface area contributed by atoms with Crippen molar-refractivity contribution >= 4 is 33.4 Å². The largest absolute Gasteiger partial charge is 0.392 e. The number of aliphatic hydroxyl groups excluding tert-OH is 1. The number of hydrogen-bond acceptors (Lipinski definition) is 7. The molecule has 2 heterocycles. The van der Waals surface area contributed by atoms with Gasteiger partial charge in [0.25, 0.3) is 5.91 Å². The van der Waals surface area contributed by atoms with E-state index in [0.717, 1.165) is 22.2 Å². The van der Waals surface area contributed by atoms with Crippen LogP contribution in [0.15, 0.2) is 121 Å². The van der Waals surface area contributed by atoms with Crippen LogP contribution in [-0.2, 0) is 16.1 Å². The van der Waals surface area contributed by atoms with Gasteiger partial charge in [0.05, 0.1) is 36.0 Å². The van der Waals surface area contributed by atoms with Crippen LogP contribution in [0.3, 0.4) is 0 Å². The predicted octanol–water partition coefficient (Wildman–Crippen LogP) is 7.77. The maximum atomic E-state index is 13.0. The van der Waals surface area contributed by atoms with Crippen molar-refractivity contribution in [2.75, 3.05) is 18.9 Å². The highest BCUT2D eigenvalue weighted by Gasteiger charge is 2.33. The van der Waals surface area contributed by atoms with Gasteiger partial charge in [-0.1, -0.05) is 84.9 Å². The zero-order valence-electron chi connectivity index (χ0n) is 27.0. The van der Waals surface area contributed by atoms with E-state index in [2.05, 4.69) is 76.6 Å². The average molecular weight is 639 g/mol. The standard InChI is InChI=1S/C40H38N4O4/c1-26(31-16-15-28-7-3-4-8-32(28)21-31)44(2)24-34-22-38(29-13-11-27(25-45)12-14-29)48-40(47-34)30-17-19-33(20-18-30)42-39(46)37-23-41-35-9-5-6-10-36(35)43-37/h3-21,23,26,34,38,40,45H,22,24-25H2,1-2H3,(H,42,46). The van der Waals surface area contributed by atoms with Gasteiger partial charge in [0.15, 0.2) is 6.29 Å². The summed E-state index contributed by atoms with van der Waals surface area (Å²) in [6.45, 7) is 2.93. The van der Waals surface area contributed by atoms with Gasteiger partial charge in [-0.25, -0.2) is 4.98 Å². The van der Waals surface area contributed by atoms with Crippen LogP contribution in [0, 0.1) is 0 Å². The van der Waals surface area contributed by atoms with E-state index in [1.54, 1.807) is 0 Å². The summed E-state index contributed by atoms with van der Waals surface area (Å²) in [5.41, 5.74) is 6.28. The molecule has 5 aromatic carbocycles. The quantitative estimate of drug-likeness (QED) is 0.167. The lowest BCUT2D eigenvalue weighted by molar-refractivity contribution is -0.253. The lowest BCUT2D eigenvalue weighted by Crippen LogP contribution is -2.38. The fraction of sp³-hybridized carbons (Fsp3) is 0.225. The molecular formula is C40H38N4O4. The molecule has 4 unspecified atom stereocenters. The molecule has 0 aliphatic carbocycles. The van der Waals surface area contributed by atoms with Crippen LogP contribution >= 0.6 is 0 Å². The third-order valence-electron chi connectivity index (χ3n) is 9.15. The van der Waals surface area contributed by atoms with Crippen LogP contribution in [0.1, 0.15) is 64.5 Å². The van der Waals surface area contributed by atoms with Crippen molar-refractivity contribution in [3.63, 3.8) is 0 Å². The molecule has 1 aliphatic rings. The summed E-state index contributed by atoms with van der Waals surface area (Å²) in [6.07, 6.45) is 1.26. The van der Waals surface area contributed by atoms with Gasteiger partial charge in [-0.3, -0.25) is 14.7 Å². The Bertz CT molecular complexity index is 2030. The number of carbonyl (C=O) groups is 1. The molecule has 4 atom stereocenters. The molecule has 0 spiro atoms. The fourth-order valence-electron chi connectivity index (χ4n) is 6.22. The number of nitrogens with zero attached hydrogens (tertiary/aromatic N) is 3. The van der Waals surface area contributed by atoms with Crippen LogP contribution in [0.2, 0.25) is 0 Å². The second-order valence-electron chi connectivity index (χ2n) is 12.4. The van der Waals surface area contributed by atoms with E-state index in [1.807, 2.05) is 72.8 Å². The molecule has 1 aromatic heterocycles. The molecule has 1 saturated heterocycles. The van der Waals surface area contributed by atoms with Crippen molar-refractivity contribution in [3.8, 4) is 0 Å². The Labute approximate surface area is 280 Å². The number of nitrogens with one attached hydrogen (secondary N) is 1. The first-order valence-corrected chi connectivity index (χ1v) is 16.3. The van der Waals surface area contributed by atoms with Crippen molar-refractivity contribution in [1.82, 2.24) is 14.9 Å². The van der Waals surface area contributed by atoms with Crippen LogP contribution in [0.5, 0.6) is 0 Å². The normalized spacial score (nSPS) is 18.6. The Morgan fingerprint density at radius 2 is 1.58 bits per heavy atom. The van der Waals surface area contributed by atoms with Gasteiger partial charge in [0, 0.05) is 30.3 Å². The second-order valence-corrected chi connectivity index (χ2v) is 12.4. The summed E-state index contributed by atoms with van der Waals surface area (Å²) in [4.78, 5) is 24.1. The van der Waals surface area contributed by atoms with Gasteiger partial charge in [-0.05, 0) is 71.8 Å². The summed E-state index contributed by atoms with van der Waals surface area (Å²) < 4.78 is 13.2. The van der Waals surface area contributed by atoms with E-state index < -0.39 is 6.29 Å². The maximum Gasteiger partial charge on any atom is 0.275 e. The van der Waals surface area contributed by atoms with Crippen molar-refractivity contribution in [2.24, 2.45) is 0 Å². The Kier molecular flexibility index (Phi) is 9.22. The number of anilines is 1. The number of ether oxygens (including phenoxy) is 2. The molecule has 1 fully saturated rings. The lowest BCUT2D eigenvalue weighted by Gasteiger charge is -2.39. The summed E-state index contributed by atoms with van der Waals surface area (Å²) >= 11 is 0. The van der Waals surface area contributed by atoms with Crippen LogP contribution < -0.4 is 5.32 Å². The van der Waals surface area contributed by atoms with E-state index >= 15 is 0 Å². The maximum absolute atomic E-state index is 13.0. The number of likely N-dealkylation sites (N-methyl/N-ethyl adjacent to an activating group) is 1. The average Bonchev–Trinajstić information content (AvgIpc) is 3.14. The predicted molar refractivity (Wildman–Crippen MR) is 187 cm³/mol. The van der Waals surface area contributed by atoms with E-state index in [0.29, 0.717) is 24.2 Å². The molecular weight excluding hydrogens is 600 g/mol. The molecule has 0 radical (unpaired) electrons. The molecule has 6 aromatic rings. The van der Waals surface area contributed by atoms with Gasteiger partial charge in [0.1, 0.15) is 5.69 Å². The minimum Gasteiger partial charge on any atom is -0.392 e. The number of fused-ring (bicyclic) bond motifs is 2. The van der Waals surface area contributed by atoms with Gasteiger partial charge in [-0.15, -0.1) is 0 Å². The van der Waals surface area contributed by atoms with Gasteiger partial charge in [0.2, 0.25) is 0 Å². The van der Waals surface area contributed by atoms with Gasteiger partial charge < -0.3 is 19.9 Å². The zero-order chi connectivity index (χ0) is 33.0. The molecule has 242 valence electrons. The summed E-state index contributed by atoms with van der Waals surface area (Å²) in [5, 5.41) is 15.0. The van der Waals surface area contributed by atoms with E-state index in [-0.39, 0.29) is 36.5 Å². The number of hydrogen-bond donors (Lipinski definition) is 2. The number of para-hydroxylation sites is 2. The van der Waals surface area contributed by atoms with E-state index in [1.165, 1.54) is 22.5 Å². The third-order valence-corrected chi connectivity index (χ3v) is 9.15. The molecule has 7 rings (SSSR count). The zero-order valence-corrected chi connectivity index (χ0v) is 27.0. The molecule has 48 heavy (non-hydrogen) atoms. The monoisotopic (exact) mass is 638 g/mol. The Balaban J connectivity index is 1.08. The molecule has 2 N–H and O–H groups in total. The number of benzene rings is 5. The SMILES string of the molecule is CC(c1ccc2ccccc2c1)N(C)CC1CC(c2ccc(CO)cc2)OC(c2ccc(NC(=O)c3cnc4ccccc4n3)cc2)O1. The number of aliphatic hydroxyl groups is 1. The Morgan fingerprint density at radius 1 is 0.875 bits per heavy atom. The Hall–Kier alpha value is -4.99. The van der Waals surface area contributed by atoms with Gasteiger partial charge in [-0.2, -0.15) is 0 Å².